The molecule has 14 rings (SSSR count). The fourth-order valence-corrected chi connectivity index (χ4v) is 12.8. The van der Waals surface area contributed by atoms with E-state index in [4.69, 9.17) is 0 Å². The van der Waals surface area contributed by atoms with Crippen LogP contribution in [0.2, 0.25) is 0 Å². The molecule has 0 N–H and O–H groups in total. The SMILES string of the molecule is C=C/C=C(\C=C)c1cc(-c2ccccc2)cc(-c2ccc(-c3c4ccccc4c(-c4ccc5c(c4)C(c4ccc6ccccc6c4)(c4cccc6ccccc46)c4ccccc4-5)c4ccccc34)c3ccccc23)c1. The van der Waals surface area contributed by atoms with Gasteiger partial charge in [0, 0.05) is 0 Å². The van der Waals surface area contributed by atoms with Gasteiger partial charge < -0.3 is 0 Å². The van der Waals surface area contributed by atoms with Gasteiger partial charge in [-0.2, -0.15) is 0 Å². The highest BCUT2D eigenvalue weighted by atomic mass is 14.5. The molecule has 13 aromatic rings. The lowest BCUT2D eigenvalue weighted by atomic mass is 9.66. The van der Waals surface area contributed by atoms with Gasteiger partial charge in [0.15, 0.2) is 0 Å². The minimum Gasteiger partial charge on any atom is -0.0990 e. The van der Waals surface area contributed by atoms with Crippen molar-refractivity contribution in [1.29, 1.82) is 0 Å². The Labute approximate surface area is 438 Å². The van der Waals surface area contributed by atoms with Gasteiger partial charge in [-0.25, -0.2) is 0 Å². The number of hydrogen-bond donors (Lipinski definition) is 0. The second-order valence-electron chi connectivity index (χ2n) is 19.9. The molecule has 0 aromatic heterocycles. The molecule has 0 bridgehead atoms. The topological polar surface area (TPSA) is 0 Å². The second-order valence-corrected chi connectivity index (χ2v) is 19.9. The first-order valence-corrected chi connectivity index (χ1v) is 26.0. The molecule has 0 heteroatoms. The number of allylic oxidation sites excluding steroid dienone is 4. The Morgan fingerprint density at radius 3 is 1.59 bits per heavy atom. The number of benzene rings is 13. The van der Waals surface area contributed by atoms with Crippen LogP contribution < -0.4 is 0 Å². The van der Waals surface area contributed by atoms with Crippen LogP contribution in [-0.2, 0) is 5.41 Å². The molecule has 75 heavy (non-hydrogen) atoms. The fraction of sp³-hybridized carbons (Fsp3) is 0.0133. The standard InChI is InChI=1S/C75H50/c1-3-21-49(4-2)55-44-56(50-22-6-5-7-23-50)46-57(45-55)59-42-43-69(62-30-13-12-29-61(59)62)74-67-34-16-14-32-65(67)73(66-33-15-17-35-68(66)74)54-39-41-64-63-31-18-19-36-71(63)75(72(64)48-54,58-40-38-51-24-8-9-26-53(51)47-58)70-37-20-27-52-25-10-11-28-60(52)70/h3-48H,1-2H2/b49-21+. The molecular formula is C75H50. The van der Waals surface area contributed by atoms with E-state index in [0.717, 1.165) is 22.3 Å². The summed E-state index contributed by atoms with van der Waals surface area (Å²) in [5.74, 6) is 0. The molecule has 0 amide bonds. The van der Waals surface area contributed by atoms with E-state index in [-0.39, 0.29) is 0 Å². The van der Waals surface area contributed by atoms with Crippen molar-refractivity contribution in [2.24, 2.45) is 0 Å². The largest absolute Gasteiger partial charge is 0.0990 e. The normalized spacial score (nSPS) is 14.1. The Morgan fingerprint density at radius 2 is 0.853 bits per heavy atom. The average molecular weight is 951 g/mol. The molecule has 0 nitrogen and oxygen atoms in total. The molecule has 1 aliphatic rings. The van der Waals surface area contributed by atoms with E-state index in [1.165, 1.54) is 121 Å². The van der Waals surface area contributed by atoms with Crippen molar-refractivity contribution in [3.05, 3.63) is 320 Å². The predicted octanol–water partition coefficient (Wildman–Crippen LogP) is 20.2. The van der Waals surface area contributed by atoms with Crippen molar-refractivity contribution < 1.29 is 0 Å². The molecule has 13 aromatic carbocycles. The van der Waals surface area contributed by atoms with Gasteiger partial charge >= 0.3 is 0 Å². The van der Waals surface area contributed by atoms with Crippen LogP contribution in [0.4, 0.5) is 0 Å². The lowest BCUT2D eigenvalue weighted by Crippen LogP contribution is -2.29. The van der Waals surface area contributed by atoms with Gasteiger partial charge in [-0.15, -0.1) is 0 Å². The Balaban J connectivity index is 1.02. The lowest BCUT2D eigenvalue weighted by Gasteiger charge is -2.35. The maximum Gasteiger partial charge on any atom is 0.0719 e. The molecule has 0 spiro atoms. The fourth-order valence-electron chi connectivity index (χ4n) is 12.8. The average Bonchev–Trinajstić information content (AvgIpc) is 3.77. The van der Waals surface area contributed by atoms with E-state index >= 15 is 0 Å². The van der Waals surface area contributed by atoms with E-state index in [1.807, 2.05) is 18.2 Å². The summed E-state index contributed by atoms with van der Waals surface area (Å²) in [5.41, 5.74) is 18.8. The molecule has 0 heterocycles. The summed E-state index contributed by atoms with van der Waals surface area (Å²) in [6.07, 6.45) is 5.80. The van der Waals surface area contributed by atoms with Crippen LogP contribution in [0.25, 0.3) is 115 Å². The molecule has 0 saturated carbocycles. The first kappa shape index (κ1) is 44.1. The third kappa shape index (κ3) is 6.91. The smallest absolute Gasteiger partial charge is 0.0719 e. The maximum absolute atomic E-state index is 4.19. The number of rotatable bonds is 9. The highest BCUT2D eigenvalue weighted by Gasteiger charge is 2.47. The Bertz CT molecular complexity index is 4450. The van der Waals surface area contributed by atoms with Crippen LogP contribution in [0.15, 0.2) is 292 Å². The maximum atomic E-state index is 4.19. The van der Waals surface area contributed by atoms with Gasteiger partial charge in [0.1, 0.15) is 0 Å². The minimum absolute atomic E-state index is 0.615. The van der Waals surface area contributed by atoms with Gasteiger partial charge in [-0.3, -0.25) is 0 Å². The zero-order valence-corrected chi connectivity index (χ0v) is 41.5. The van der Waals surface area contributed by atoms with Crippen molar-refractivity contribution in [1.82, 2.24) is 0 Å². The van der Waals surface area contributed by atoms with Crippen molar-refractivity contribution in [2.75, 3.05) is 0 Å². The third-order valence-corrected chi connectivity index (χ3v) is 16.0. The zero-order chi connectivity index (χ0) is 50.0. The predicted molar refractivity (Wildman–Crippen MR) is 321 cm³/mol. The van der Waals surface area contributed by atoms with Gasteiger partial charge in [0.25, 0.3) is 0 Å². The van der Waals surface area contributed by atoms with Crippen LogP contribution in [0, 0.1) is 0 Å². The molecule has 1 unspecified atom stereocenters. The van der Waals surface area contributed by atoms with E-state index in [9.17, 15) is 0 Å². The van der Waals surface area contributed by atoms with Crippen LogP contribution in [0.3, 0.4) is 0 Å². The molecule has 0 aliphatic heterocycles. The summed E-state index contributed by atoms with van der Waals surface area (Å²) in [7, 11) is 0. The molecule has 0 fully saturated rings. The highest BCUT2D eigenvalue weighted by Crippen LogP contribution is 2.59. The van der Waals surface area contributed by atoms with Crippen LogP contribution in [-0.4, -0.2) is 0 Å². The van der Waals surface area contributed by atoms with E-state index < -0.39 is 5.41 Å². The first-order valence-electron chi connectivity index (χ1n) is 26.0. The van der Waals surface area contributed by atoms with Gasteiger partial charge in [-0.1, -0.05) is 262 Å². The van der Waals surface area contributed by atoms with Gasteiger partial charge in [0.2, 0.25) is 0 Å². The molecule has 1 aliphatic carbocycles. The minimum atomic E-state index is -0.615. The number of hydrogen-bond acceptors (Lipinski definition) is 0. The Kier molecular flexibility index (Phi) is 10.5. The summed E-state index contributed by atoms with van der Waals surface area (Å²) in [6.45, 7) is 8.21. The molecule has 0 saturated heterocycles. The Hall–Kier alpha value is -9.62. The van der Waals surface area contributed by atoms with Crippen molar-refractivity contribution >= 4 is 59.4 Å². The summed E-state index contributed by atoms with van der Waals surface area (Å²) in [5, 5.41) is 12.3. The third-order valence-electron chi connectivity index (χ3n) is 16.0. The summed E-state index contributed by atoms with van der Waals surface area (Å²) < 4.78 is 0. The molecule has 1 atom stereocenters. The molecule has 0 radical (unpaired) electrons. The molecule has 350 valence electrons. The lowest BCUT2D eigenvalue weighted by molar-refractivity contribution is 0.778. The second kappa shape index (κ2) is 17.8. The highest BCUT2D eigenvalue weighted by molar-refractivity contribution is 6.24. The van der Waals surface area contributed by atoms with Crippen molar-refractivity contribution in [3.63, 3.8) is 0 Å². The van der Waals surface area contributed by atoms with Crippen molar-refractivity contribution in [3.8, 4) is 55.6 Å². The van der Waals surface area contributed by atoms with Crippen LogP contribution >= 0.6 is 0 Å². The van der Waals surface area contributed by atoms with E-state index in [0.29, 0.717) is 0 Å². The zero-order valence-electron chi connectivity index (χ0n) is 41.5. The monoisotopic (exact) mass is 950 g/mol. The summed E-state index contributed by atoms with van der Waals surface area (Å²) in [6, 6.07) is 97.5. The molecular weight excluding hydrogens is 901 g/mol. The Morgan fingerprint density at radius 1 is 0.307 bits per heavy atom. The van der Waals surface area contributed by atoms with E-state index in [2.05, 4.69) is 274 Å². The quantitative estimate of drug-likeness (QED) is 0.0999. The van der Waals surface area contributed by atoms with Crippen molar-refractivity contribution in [2.45, 2.75) is 5.41 Å². The van der Waals surface area contributed by atoms with Crippen LogP contribution in [0.1, 0.15) is 27.8 Å². The van der Waals surface area contributed by atoms with Gasteiger partial charge in [-0.05, 0) is 173 Å². The summed E-state index contributed by atoms with van der Waals surface area (Å²) in [4.78, 5) is 0. The van der Waals surface area contributed by atoms with Crippen LogP contribution in [0.5, 0.6) is 0 Å². The summed E-state index contributed by atoms with van der Waals surface area (Å²) >= 11 is 0. The van der Waals surface area contributed by atoms with Gasteiger partial charge in [0.05, 0.1) is 5.41 Å². The first-order chi connectivity index (χ1) is 37.1. The van der Waals surface area contributed by atoms with E-state index in [1.54, 1.807) is 0 Å². The number of fused-ring (bicyclic) bond motifs is 8.